The molecule has 3 aliphatic rings. The van der Waals surface area contributed by atoms with Gasteiger partial charge in [-0.3, -0.25) is 4.79 Å². The summed E-state index contributed by atoms with van der Waals surface area (Å²) < 4.78 is 5.93. The highest BCUT2D eigenvalue weighted by molar-refractivity contribution is 6.35. The number of carbonyl (C=O) groups is 2. The van der Waals surface area contributed by atoms with Gasteiger partial charge in [-0.15, -0.1) is 0 Å². The predicted molar refractivity (Wildman–Crippen MR) is 123 cm³/mol. The molecule has 0 aromatic heterocycles. The van der Waals surface area contributed by atoms with Gasteiger partial charge in [0.2, 0.25) is 0 Å². The number of dihydropyridines is 1. The summed E-state index contributed by atoms with van der Waals surface area (Å²) in [5, 5.41) is 4.33. The van der Waals surface area contributed by atoms with Gasteiger partial charge in [-0.05, 0) is 62.1 Å². The first-order valence-electron chi connectivity index (χ1n) is 11.1. The smallest absolute Gasteiger partial charge is 0.337 e. The zero-order chi connectivity index (χ0) is 22.3. The van der Waals surface area contributed by atoms with Crippen molar-refractivity contribution in [1.29, 1.82) is 0 Å². The number of hydrogen-bond acceptors (Lipinski definition) is 4. The van der Waals surface area contributed by atoms with Crippen molar-refractivity contribution in [2.24, 2.45) is 5.41 Å². The second kappa shape index (κ2) is 8.63. The van der Waals surface area contributed by atoms with E-state index >= 15 is 0 Å². The van der Waals surface area contributed by atoms with E-state index in [1.54, 1.807) is 12.1 Å². The fourth-order valence-electron chi connectivity index (χ4n) is 5.15. The molecule has 1 aliphatic heterocycles. The largest absolute Gasteiger partial charge is 0.459 e. The van der Waals surface area contributed by atoms with Crippen LogP contribution in [0, 0.1) is 5.41 Å². The van der Waals surface area contributed by atoms with Gasteiger partial charge in [0.05, 0.1) is 5.57 Å². The standard InChI is InChI=1S/C25H29Cl2NO3/c1-14-21(24(30)31-16-7-5-4-6-8-16)22(17-10-9-15(26)11-18(17)27)23-19(28-14)12-25(2,3)13-20(23)29/h9-11,16,22,28H,4-8,12-13H2,1-3H3. The second-order valence-electron chi connectivity index (χ2n) is 9.76. The molecule has 0 bridgehead atoms. The molecule has 1 N–H and O–H groups in total. The maximum Gasteiger partial charge on any atom is 0.337 e. The lowest BCUT2D eigenvalue weighted by Crippen LogP contribution is -2.39. The summed E-state index contributed by atoms with van der Waals surface area (Å²) >= 11 is 12.7. The number of allylic oxidation sites excluding steroid dienone is 3. The maximum absolute atomic E-state index is 13.4. The molecule has 1 saturated carbocycles. The molecule has 1 fully saturated rings. The van der Waals surface area contributed by atoms with Gasteiger partial charge in [0.25, 0.3) is 0 Å². The number of carbonyl (C=O) groups excluding carboxylic acids is 2. The van der Waals surface area contributed by atoms with Crippen LogP contribution in [0.2, 0.25) is 10.0 Å². The van der Waals surface area contributed by atoms with E-state index in [1.807, 2.05) is 13.0 Å². The first-order valence-corrected chi connectivity index (χ1v) is 11.8. The van der Waals surface area contributed by atoms with E-state index in [9.17, 15) is 9.59 Å². The topological polar surface area (TPSA) is 55.4 Å². The number of Topliss-reactive ketones (excluding diaryl/α,β-unsaturated/α-hetero) is 1. The van der Waals surface area contributed by atoms with Crippen molar-refractivity contribution in [3.8, 4) is 0 Å². The third-order valence-electron chi connectivity index (χ3n) is 6.56. The Morgan fingerprint density at radius 3 is 2.52 bits per heavy atom. The van der Waals surface area contributed by atoms with Gasteiger partial charge in [0.1, 0.15) is 6.10 Å². The van der Waals surface area contributed by atoms with Crippen LogP contribution in [-0.4, -0.2) is 17.9 Å². The lowest BCUT2D eigenvalue weighted by molar-refractivity contribution is -0.146. The first kappa shape index (κ1) is 22.4. The Morgan fingerprint density at radius 2 is 1.84 bits per heavy atom. The minimum Gasteiger partial charge on any atom is -0.459 e. The lowest BCUT2D eigenvalue weighted by Gasteiger charge is -2.40. The van der Waals surface area contributed by atoms with Crippen LogP contribution in [0.25, 0.3) is 0 Å². The summed E-state index contributed by atoms with van der Waals surface area (Å²) in [6.45, 7) is 6.06. The predicted octanol–water partition coefficient (Wildman–Crippen LogP) is 6.47. The molecule has 1 unspecified atom stereocenters. The fourth-order valence-corrected chi connectivity index (χ4v) is 5.67. The van der Waals surface area contributed by atoms with Gasteiger partial charge >= 0.3 is 5.97 Å². The van der Waals surface area contributed by atoms with Crippen LogP contribution >= 0.6 is 23.2 Å². The number of esters is 1. The average molecular weight is 462 g/mol. The van der Waals surface area contributed by atoms with Crippen LogP contribution in [0.4, 0.5) is 0 Å². The van der Waals surface area contributed by atoms with Crippen molar-refractivity contribution in [1.82, 2.24) is 5.32 Å². The van der Waals surface area contributed by atoms with Crippen molar-refractivity contribution in [3.63, 3.8) is 0 Å². The van der Waals surface area contributed by atoms with Gasteiger partial charge in [0, 0.05) is 39.4 Å². The number of halogens is 2. The monoisotopic (exact) mass is 461 g/mol. The van der Waals surface area contributed by atoms with Crippen molar-refractivity contribution in [3.05, 3.63) is 56.3 Å². The van der Waals surface area contributed by atoms with E-state index < -0.39 is 5.92 Å². The zero-order valence-corrected chi connectivity index (χ0v) is 19.8. The maximum atomic E-state index is 13.4. The molecule has 166 valence electrons. The van der Waals surface area contributed by atoms with Crippen LogP contribution in [0.15, 0.2) is 40.7 Å². The van der Waals surface area contributed by atoms with Crippen LogP contribution in [0.5, 0.6) is 0 Å². The minimum atomic E-state index is -0.555. The number of benzene rings is 1. The van der Waals surface area contributed by atoms with E-state index in [4.69, 9.17) is 27.9 Å². The molecule has 0 radical (unpaired) electrons. The van der Waals surface area contributed by atoms with E-state index in [2.05, 4.69) is 19.2 Å². The van der Waals surface area contributed by atoms with Gasteiger partial charge in [-0.2, -0.15) is 0 Å². The number of hydrogen-bond donors (Lipinski definition) is 1. The molecule has 6 heteroatoms. The Balaban J connectivity index is 1.79. The second-order valence-corrected chi connectivity index (χ2v) is 10.6. The first-order chi connectivity index (χ1) is 14.7. The highest BCUT2D eigenvalue weighted by Crippen LogP contribution is 2.48. The molecule has 4 nitrogen and oxygen atoms in total. The Bertz CT molecular complexity index is 986. The SMILES string of the molecule is CC1=C(C(=O)OC2CCCCC2)C(c2ccc(Cl)cc2Cl)C2=C(CC(C)(C)CC2=O)N1. The van der Waals surface area contributed by atoms with Crippen LogP contribution in [0.1, 0.15) is 77.2 Å². The van der Waals surface area contributed by atoms with Crippen molar-refractivity contribution in [2.75, 3.05) is 0 Å². The van der Waals surface area contributed by atoms with Gasteiger partial charge in [-0.25, -0.2) is 4.79 Å². The minimum absolute atomic E-state index is 0.0465. The molecule has 1 atom stereocenters. The third kappa shape index (κ3) is 4.56. The van der Waals surface area contributed by atoms with E-state index in [-0.39, 0.29) is 23.3 Å². The Kier molecular flexibility index (Phi) is 6.24. The number of ketones is 1. The third-order valence-corrected chi connectivity index (χ3v) is 7.12. The molecule has 1 aromatic rings. The summed E-state index contributed by atoms with van der Waals surface area (Å²) in [7, 11) is 0. The summed E-state index contributed by atoms with van der Waals surface area (Å²) in [6, 6.07) is 5.23. The Labute approximate surface area is 194 Å². The highest BCUT2D eigenvalue weighted by atomic mass is 35.5. The van der Waals surface area contributed by atoms with E-state index in [0.717, 1.165) is 43.5 Å². The van der Waals surface area contributed by atoms with Crippen molar-refractivity contribution >= 4 is 35.0 Å². The van der Waals surface area contributed by atoms with Crippen LogP contribution < -0.4 is 5.32 Å². The molecule has 0 amide bonds. The molecule has 1 heterocycles. The van der Waals surface area contributed by atoms with E-state index in [0.29, 0.717) is 33.2 Å². The van der Waals surface area contributed by atoms with Gasteiger partial charge < -0.3 is 10.1 Å². The molecular formula is C25H29Cl2NO3. The summed E-state index contributed by atoms with van der Waals surface area (Å²) in [5.74, 6) is -0.872. The summed E-state index contributed by atoms with van der Waals surface area (Å²) in [4.78, 5) is 26.8. The molecule has 4 rings (SSSR count). The summed E-state index contributed by atoms with van der Waals surface area (Å²) in [5.41, 5.74) is 3.27. The normalized spacial score (nSPS) is 24.0. The van der Waals surface area contributed by atoms with Crippen molar-refractivity contribution < 1.29 is 14.3 Å². The summed E-state index contributed by atoms with van der Waals surface area (Å²) in [6.07, 6.45) is 6.20. The molecule has 0 spiro atoms. The molecule has 0 saturated heterocycles. The average Bonchev–Trinajstić information content (AvgIpc) is 2.66. The Hall–Kier alpha value is -1.78. The Morgan fingerprint density at radius 1 is 1.13 bits per heavy atom. The van der Waals surface area contributed by atoms with Crippen molar-refractivity contribution in [2.45, 2.75) is 77.7 Å². The molecule has 31 heavy (non-hydrogen) atoms. The number of ether oxygens (including phenoxy) is 1. The van der Waals surface area contributed by atoms with Gasteiger partial charge in [0.15, 0.2) is 5.78 Å². The fraction of sp³-hybridized carbons (Fsp3) is 0.520. The zero-order valence-electron chi connectivity index (χ0n) is 18.3. The van der Waals surface area contributed by atoms with Gasteiger partial charge in [-0.1, -0.05) is 49.5 Å². The van der Waals surface area contributed by atoms with E-state index in [1.165, 1.54) is 6.42 Å². The number of nitrogens with one attached hydrogen (secondary N) is 1. The highest BCUT2D eigenvalue weighted by Gasteiger charge is 2.44. The molecule has 2 aliphatic carbocycles. The molecular weight excluding hydrogens is 433 g/mol. The molecule has 1 aromatic carbocycles. The number of rotatable bonds is 3. The van der Waals surface area contributed by atoms with Crippen LogP contribution in [-0.2, 0) is 14.3 Å². The quantitative estimate of drug-likeness (QED) is 0.523. The lowest BCUT2D eigenvalue weighted by atomic mass is 9.68. The van der Waals surface area contributed by atoms with Crippen LogP contribution in [0.3, 0.4) is 0 Å².